The van der Waals surface area contributed by atoms with Gasteiger partial charge in [-0.2, -0.15) is 0 Å². The molecule has 1 heterocycles. The van der Waals surface area contributed by atoms with E-state index in [1.165, 1.54) is 11.6 Å². The molecule has 5 heteroatoms. The van der Waals surface area contributed by atoms with Gasteiger partial charge in [0.2, 0.25) is 5.67 Å². The Hall–Kier alpha value is -1.26. The van der Waals surface area contributed by atoms with Gasteiger partial charge in [-0.1, -0.05) is 25.5 Å². The predicted octanol–water partition coefficient (Wildman–Crippen LogP) is 2.41. The number of Topliss-reactive ketones (excluding diaryl/α,β-unsaturated/α-hetero) is 1. The number of hydrogen-bond donors (Lipinski definition) is 0. The van der Waals surface area contributed by atoms with E-state index in [1.54, 1.807) is 6.92 Å². The lowest BCUT2D eigenvalue weighted by Crippen LogP contribution is -2.32. The summed E-state index contributed by atoms with van der Waals surface area (Å²) >= 11 is 0. The summed E-state index contributed by atoms with van der Waals surface area (Å²) in [4.78, 5) is 11.6. The molecule has 0 amide bonds. The Morgan fingerprint density at radius 3 is 2.47 bits per heavy atom. The number of ketones is 1. The molecule has 1 atom stereocenters. The third-order valence-corrected chi connectivity index (χ3v) is 3.01. The van der Waals surface area contributed by atoms with Crippen LogP contribution in [0.5, 0.6) is 0 Å². The number of aromatic nitrogens is 3. The Balaban J connectivity index is 3.34. The summed E-state index contributed by atoms with van der Waals surface area (Å²) in [5.41, 5.74) is -1.00. The molecule has 0 spiro atoms. The fraction of sp³-hybridized carbons (Fsp3) is 0.750. The first-order valence-electron chi connectivity index (χ1n) is 6.13. The molecule has 0 radical (unpaired) electrons. The largest absolute Gasteiger partial charge is 0.296 e. The fourth-order valence-corrected chi connectivity index (χ4v) is 1.99. The first-order valence-corrected chi connectivity index (χ1v) is 6.13. The lowest BCUT2D eigenvalue weighted by atomic mass is 9.91. The summed E-state index contributed by atoms with van der Waals surface area (Å²) in [5, 5.41) is 7.92. The van der Waals surface area contributed by atoms with Crippen LogP contribution in [0.15, 0.2) is 0 Å². The number of carbonyl (C=O) groups is 1. The van der Waals surface area contributed by atoms with Crippen molar-refractivity contribution in [3.63, 3.8) is 0 Å². The van der Waals surface area contributed by atoms with Crippen molar-refractivity contribution in [2.75, 3.05) is 0 Å². The van der Waals surface area contributed by atoms with Crippen molar-refractivity contribution in [2.24, 2.45) is 0 Å². The molecule has 0 aliphatic carbocycles. The number of halogens is 1. The fourth-order valence-electron chi connectivity index (χ4n) is 1.99. The number of aryl methyl sites for hydroxylation is 2. The van der Waals surface area contributed by atoms with Crippen molar-refractivity contribution in [1.82, 2.24) is 15.0 Å². The minimum absolute atomic E-state index is 0.117. The van der Waals surface area contributed by atoms with E-state index in [4.69, 9.17) is 0 Å². The Kier molecular flexibility index (Phi) is 4.37. The minimum Gasteiger partial charge on any atom is -0.296 e. The summed E-state index contributed by atoms with van der Waals surface area (Å²) in [5.74, 6) is -0.477. The van der Waals surface area contributed by atoms with Gasteiger partial charge in [-0.3, -0.25) is 4.79 Å². The van der Waals surface area contributed by atoms with Crippen molar-refractivity contribution < 1.29 is 9.18 Å². The van der Waals surface area contributed by atoms with Crippen LogP contribution in [0, 0.1) is 0 Å². The summed E-state index contributed by atoms with van der Waals surface area (Å²) in [7, 11) is 0. The molecular weight excluding hydrogens is 221 g/mol. The molecule has 96 valence electrons. The zero-order valence-corrected chi connectivity index (χ0v) is 11.0. The van der Waals surface area contributed by atoms with E-state index in [2.05, 4.69) is 10.3 Å². The summed E-state index contributed by atoms with van der Waals surface area (Å²) < 4.78 is 16.3. The van der Waals surface area contributed by atoms with Gasteiger partial charge >= 0.3 is 0 Å². The maximum absolute atomic E-state index is 14.8. The van der Waals surface area contributed by atoms with Crippen molar-refractivity contribution >= 4 is 5.78 Å². The maximum atomic E-state index is 14.8. The molecule has 0 bridgehead atoms. The Labute approximate surface area is 101 Å². The van der Waals surface area contributed by atoms with Gasteiger partial charge in [-0.25, -0.2) is 9.07 Å². The molecule has 0 fully saturated rings. The van der Waals surface area contributed by atoms with E-state index in [0.29, 0.717) is 24.4 Å². The highest BCUT2D eigenvalue weighted by Crippen LogP contribution is 2.33. The normalized spacial score (nSPS) is 14.6. The Morgan fingerprint density at radius 1 is 1.41 bits per heavy atom. The summed E-state index contributed by atoms with van der Waals surface area (Å²) in [6.07, 6.45) is 1.62. The van der Waals surface area contributed by atoms with Gasteiger partial charge in [0, 0.05) is 6.54 Å². The average Bonchev–Trinajstić information content (AvgIpc) is 2.71. The van der Waals surface area contributed by atoms with Gasteiger partial charge in [0.15, 0.2) is 5.78 Å². The third kappa shape index (κ3) is 2.37. The van der Waals surface area contributed by atoms with E-state index >= 15 is 0 Å². The van der Waals surface area contributed by atoms with Crippen LogP contribution in [0.25, 0.3) is 0 Å². The second-order valence-corrected chi connectivity index (χ2v) is 4.16. The SMILES string of the molecule is CCCc1nnn(CC)c1C(F)(CC)C(C)=O. The molecular formula is C12H20FN3O. The topological polar surface area (TPSA) is 47.8 Å². The van der Waals surface area contributed by atoms with Crippen molar-refractivity contribution in [3.05, 3.63) is 11.4 Å². The average molecular weight is 241 g/mol. The van der Waals surface area contributed by atoms with E-state index < -0.39 is 11.5 Å². The molecule has 0 aliphatic heterocycles. The minimum atomic E-state index is -1.95. The molecule has 1 aromatic heterocycles. The lowest BCUT2D eigenvalue weighted by Gasteiger charge is -2.22. The maximum Gasteiger partial charge on any atom is 0.211 e. The lowest BCUT2D eigenvalue weighted by molar-refractivity contribution is -0.129. The molecule has 0 saturated carbocycles. The molecule has 1 aromatic rings. The van der Waals surface area contributed by atoms with Crippen LogP contribution in [0.2, 0.25) is 0 Å². The second-order valence-electron chi connectivity index (χ2n) is 4.16. The molecule has 1 unspecified atom stereocenters. The quantitative estimate of drug-likeness (QED) is 0.768. The number of rotatable bonds is 6. The highest BCUT2D eigenvalue weighted by Gasteiger charge is 2.41. The van der Waals surface area contributed by atoms with Gasteiger partial charge in [0.05, 0.1) is 5.69 Å². The molecule has 4 nitrogen and oxygen atoms in total. The van der Waals surface area contributed by atoms with Gasteiger partial charge in [-0.05, 0) is 26.7 Å². The summed E-state index contributed by atoms with van der Waals surface area (Å²) in [6, 6.07) is 0. The second kappa shape index (κ2) is 5.38. The molecule has 0 N–H and O–H groups in total. The van der Waals surface area contributed by atoms with Gasteiger partial charge in [0.25, 0.3) is 0 Å². The number of alkyl halides is 1. The van der Waals surface area contributed by atoms with Gasteiger partial charge in [0.1, 0.15) is 5.69 Å². The number of carbonyl (C=O) groups excluding carboxylic acids is 1. The van der Waals surface area contributed by atoms with Crippen LogP contribution < -0.4 is 0 Å². The van der Waals surface area contributed by atoms with Crippen LogP contribution >= 0.6 is 0 Å². The van der Waals surface area contributed by atoms with Crippen LogP contribution in [-0.2, 0) is 23.4 Å². The molecule has 0 aliphatic rings. The van der Waals surface area contributed by atoms with Crippen molar-refractivity contribution in [2.45, 2.75) is 59.2 Å². The van der Waals surface area contributed by atoms with E-state index in [-0.39, 0.29) is 6.42 Å². The van der Waals surface area contributed by atoms with Crippen LogP contribution in [0.1, 0.15) is 51.9 Å². The van der Waals surface area contributed by atoms with Gasteiger partial charge in [-0.15, -0.1) is 5.10 Å². The molecule has 0 aromatic carbocycles. The zero-order chi connectivity index (χ0) is 13.1. The van der Waals surface area contributed by atoms with Gasteiger partial charge < -0.3 is 0 Å². The predicted molar refractivity (Wildman–Crippen MR) is 63.4 cm³/mol. The third-order valence-electron chi connectivity index (χ3n) is 3.01. The number of nitrogens with zero attached hydrogens (tertiary/aromatic N) is 3. The smallest absolute Gasteiger partial charge is 0.211 e. The van der Waals surface area contributed by atoms with Crippen molar-refractivity contribution in [3.8, 4) is 0 Å². The van der Waals surface area contributed by atoms with E-state index in [0.717, 1.165) is 6.42 Å². The van der Waals surface area contributed by atoms with Crippen LogP contribution in [0.4, 0.5) is 4.39 Å². The van der Waals surface area contributed by atoms with Crippen LogP contribution in [0.3, 0.4) is 0 Å². The Bertz CT molecular complexity index is 402. The highest BCUT2D eigenvalue weighted by atomic mass is 19.1. The number of hydrogen-bond acceptors (Lipinski definition) is 3. The standard InChI is InChI=1S/C12H20FN3O/c1-5-8-10-11(16(7-3)15-14-10)12(13,6-2)9(4)17/h5-8H2,1-4H3. The molecule has 0 saturated heterocycles. The first kappa shape index (κ1) is 13.8. The monoisotopic (exact) mass is 241 g/mol. The highest BCUT2D eigenvalue weighted by molar-refractivity contribution is 5.86. The first-order chi connectivity index (χ1) is 8.01. The molecule has 17 heavy (non-hydrogen) atoms. The van der Waals surface area contributed by atoms with E-state index in [1.807, 2.05) is 13.8 Å². The van der Waals surface area contributed by atoms with E-state index in [9.17, 15) is 9.18 Å². The van der Waals surface area contributed by atoms with Crippen LogP contribution in [-0.4, -0.2) is 20.8 Å². The summed E-state index contributed by atoms with van der Waals surface area (Å²) in [6.45, 7) is 7.33. The zero-order valence-electron chi connectivity index (χ0n) is 11.0. The molecule has 1 rings (SSSR count). The Morgan fingerprint density at radius 2 is 2.06 bits per heavy atom. The van der Waals surface area contributed by atoms with Crippen molar-refractivity contribution in [1.29, 1.82) is 0 Å².